The summed E-state index contributed by atoms with van der Waals surface area (Å²) in [6, 6.07) is 21.7. The summed E-state index contributed by atoms with van der Waals surface area (Å²) in [5.74, 6) is 0.150. The highest BCUT2D eigenvalue weighted by Gasteiger charge is 2.30. The molecular formula is C31H39N3O5S. The zero-order valence-electron chi connectivity index (χ0n) is 23.9. The number of hydrogen-bond donors (Lipinski definition) is 1. The van der Waals surface area contributed by atoms with Gasteiger partial charge in [-0.3, -0.25) is 13.9 Å². The van der Waals surface area contributed by atoms with E-state index in [0.717, 1.165) is 22.3 Å². The molecule has 0 radical (unpaired) electrons. The van der Waals surface area contributed by atoms with Crippen molar-refractivity contribution in [1.29, 1.82) is 0 Å². The Hall–Kier alpha value is -3.85. The molecule has 1 N–H and O–H groups in total. The maximum absolute atomic E-state index is 13.8. The summed E-state index contributed by atoms with van der Waals surface area (Å²) in [5, 5.41) is 2.71. The highest BCUT2D eigenvalue weighted by atomic mass is 32.2. The number of rotatable bonds is 13. The first-order valence-corrected chi connectivity index (χ1v) is 15.1. The van der Waals surface area contributed by atoms with Gasteiger partial charge in [0.1, 0.15) is 11.8 Å². The van der Waals surface area contributed by atoms with Crippen LogP contribution in [0.5, 0.6) is 5.75 Å². The van der Waals surface area contributed by atoms with E-state index in [2.05, 4.69) is 5.32 Å². The number of sulfonamides is 1. The van der Waals surface area contributed by atoms with E-state index in [-0.39, 0.29) is 31.3 Å². The largest absolute Gasteiger partial charge is 0.497 e. The molecule has 1 unspecified atom stereocenters. The molecular weight excluding hydrogens is 526 g/mol. The smallest absolute Gasteiger partial charge is 0.242 e. The van der Waals surface area contributed by atoms with Crippen LogP contribution in [0, 0.1) is 13.8 Å². The maximum Gasteiger partial charge on any atom is 0.242 e. The highest BCUT2D eigenvalue weighted by Crippen LogP contribution is 2.26. The van der Waals surface area contributed by atoms with Gasteiger partial charge in [0.25, 0.3) is 0 Å². The fourth-order valence-corrected chi connectivity index (χ4v) is 5.69. The summed E-state index contributed by atoms with van der Waals surface area (Å²) in [4.78, 5) is 28.5. The molecule has 0 saturated carbocycles. The normalized spacial score (nSPS) is 11.9. The number of likely N-dealkylation sites (N-methyl/N-ethyl adjacent to an activating group) is 1. The fourth-order valence-electron chi connectivity index (χ4n) is 4.68. The summed E-state index contributed by atoms with van der Waals surface area (Å²) in [5.41, 5.74) is 4.22. The topological polar surface area (TPSA) is 96.0 Å². The number of ether oxygens (including phenoxy) is 1. The van der Waals surface area contributed by atoms with Crippen molar-refractivity contribution in [2.24, 2.45) is 0 Å². The van der Waals surface area contributed by atoms with E-state index in [1.54, 1.807) is 25.1 Å². The highest BCUT2D eigenvalue weighted by molar-refractivity contribution is 7.92. The van der Waals surface area contributed by atoms with Gasteiger partial charge in [-0.2, -0.15) is 0 Å². The summed E-state index contributed by atoms with van der Waals surface area (Å²) in [7, 11) is -0.440. The number of anilines is 1. The van der Waals surface area contributed by atoms with Crippen LogP contribution in [0.15, 0.2) is 72.8 Å². The third-order valence-electron chi connectivity index (χ3n) is 7.00. The number of benzene rings is 3. The molecule has 3 aromatic carbocycles. The SMILES string of the molecule is CNC(=O)C(Cc1ccccc1)N(Cc1cccc(OC)c1)C(=O)CCCN(c1cccc(C)c1C)S(C)(=O)=O. The van der Waals surface area contributed by atoms with Gasteiger partial charge in [0.15, 0.2) is 0 Å². The number of methoxy groups -OCH3 is 1. The molecule has 0 fully saturated rings. The molecule has 2 amide bonds. The molecule has 0 saturated heterocycles. The molecule has 214 valence electrons. The lowest BCUT2D eigenvalue weighted by Gasteiger charge is -2.32. The molecule has 3 aromatic rings. The van der Waals surface area contributed by atoms with Crippen molar-refractivity contribution in [1.82, 2.24) is 10.2 Å². The van der Waals surface area contributed by atoms with Gasteiger partial charge in [0, 0.05) is 33.0 Å². The minimum atomic E-state index is -3.58. The Bertz CT molecular complexity index is 1410. The van der Waals surface area contributed by atoms with Crippen LogP contribution in [0.1, 0.15) is 35.1 Å². The maximum atomic E-state index is 13.8. The predicted octanol–water partition coefficient (Wildman–Crippen LogP) is 4.24. The predicted molar refractivity (Wildman–Crippen MR) is 159 cm³/mol. The number of hydrogen-bond acceptors (Lipinski definition) is 5. The number of carbonyl (C=O) groups excluding carboxylic acids is 2. The van der Waals surface area contributed by atoms with Crippen molar-refractivity contribution >= 4 is 27.5 Å². The van der Waals surface area contributed by atoms with Crippen LogP contribution < -0.4 is 14.4 Å². The van der Waals surface area contributed by atoms with Crippen LogP contribution in [0.3, 0.4) is 0 Å². The third-order valence-corrected chi connectivity index (χ3v) is 8.18. The molecule has 0 aliphatic carbocycles. The van der Waals surface area contributed by atoms with Crippen LogP contribution in [-0.4, -0.2) is 58.1 Å². The minimum absolute atomic E-state index is 0.0726. The van der Waals surface area contributed by atoms with E-state index in [4.69, 9.17) is 4.74 Å². The molecule has 8 nitrogen and oxygen atoms in total. The van der Waals surface area contributed by atoms with E-state index >= 15 is 0 Å². The van der Waals surface area contributed by atoms with Crippen LogP contribution in [0.4, 0.5) is 5.69 Å². The molecule has 0 spiro atoms. The van der Waals surface area contributed by atoms with Crippen LogP contribution >= 0.6 is 0 Å². The van der Waals surface area contributed by atoms with Crippen LogP contribution in [-0.2, 0) is 32.6 Å². The number of amides is 2. The quantitative estimate of drug-likeness (QED) is 0.334. The van der Waals surface area contributed by atoms with Gasteiger partial charge < -0.3 is 15.0 Å². The van der Waals surface area contributed by atoms with Gasteiger partial charge >= 0.3 is 0 Å². The second kappa shape index (κ2) is 14.0. The van der Waals surface area contributed by atoms with Gasteiger partial charge in [-0.15, -0.1) is 0 Å². The minimum Gasteiger partial charge on any atom is -0.497 e. The molecule has 3 rings (SSSR count). The van der Waals surface area contributed by atoms with Gasteiger partial charge in [0.2, 0.25) is 21.8 Å². The Morgan fingerprint density at radius 3 is 2.27 bits per heavy atom. The third kappa shape index (κ3) is 8.08. The fraction of sp³-hybridized carbons (Fsp3) is 0.355. The molecule has 1 atom stereocenters. The Morgan fingerprint density at radius 2 is 1.62 bits per heavy atom. The standard InChI is InChI=1S/C31H39N3O5S/c1-23-12-9-17-28(24(23)2)34(40(5,37)38)19-11-18-30(35)33(22-26-15-10-16-27(20-26)39-4)29(31(36)32-3)21-25-13-7-6-8-14-25/h6-10,12-17,20,29H,11,18-19,21-22H2,1-5H3,(H,32,36). The van der Waals surface area contributed by atoms with Crippen molar-refractivity contribution in [3.8, 4) is 5.75 Å². The second-order valence-electron chi connectivity index (χ2n) is 9.85. The number of nitrogens with one attached hydrogen (secondary N) is 1. The van der Waals surface area contributed by atoms with E-state index in [1.165, 1.54) is 10.6 Å². The molecule has 9 heteroatoms. The zero-order chi connectivity index (χ0) is 29.3. The summed E-state index contributed by atoms with van der Waals surface area (Å²) in [6.07, 6.45) is 1.88. The number of aryl methyl sites for hydroxylation is 1. The van der Waals surface area contributed by atoms with E-state index in [9.17, 15) is 18.0 Å². The zero-order valence-corrected chi connectivity index (χ0v) is 24.7. The van der Waals surface area contributed by atoms with Crippen molar-refractivity contribution in [2.45, 2.75) is 45.7 Å². The first kappa shape index (κ1) is 30.7. The summed E-state index contributed by atoms with van der Waals surface area (Å²) in [6.45, 7) is 4.17. The van der Waals surface area contributed by atoms with Crippen molar-refractivity contribution < 1.29 is 22.7 Å². The number of carbonyl (C=O) groups is 2. The van der Waals surface area contributed by atoms with Crippen molar-refractivity contribution in [2.75, 3.05) is 31.3 Å². The summed E-state index contributed by atoms with van der Waals surface area (Å²) < 4.78 is 32.1. The molecule has 0 bridgehead atoms. The monoisotopic (exact) mass is 565 g/mol. The van der Waals surface area contributed by atoms with Crippen LogP contribution in [0.25, 0.3) is 0 Å². The van der Waals surface area contributed by atoms with Gasteiger partial charge in [-0.25, -0.2) is 8.42 Å². The Balaban J connectivity index is 1.88. The second-order valence-corrected chi connectivity index (χ2v) is 11.8. The van der Waals surface area contributed by atoms with Crippen molar-refractivity contribution in [3.63, 3.8) is 0 Å². The first-order chi connectivity index (χ1) is 19.0. The Kier molecular flexibility index (Phi) is 10.7. The van der Waals surface area contributed by atoms with E-state index in [0.29, 0.717) is 24.3 Å². The van der Waals surface area contributed by atoms with E-state index in [1.807, 2.05) is 80.6 Å². The van der Waals surface area contributed by atoms with Gasteiger partial charge in [-0.1, -0.05) is 54.6 Å². The molecule has 0 aliphatic rings. The Labute approximate surface area is 238 Å². The molecule has 40 heavy (non-hydrogen) atoms. The van der Waals surface area contributed by atoms with Crippen LogP contribution in [0.2, 0.25) is 0 Å². The van der Waals surface area contributed by atoms with Gasteiger partial charge in [-0.05, 0) is 60.7 Å². The van der Waals surface area contributed by atoms with E-state index < -0.39 is 16.1 Å². The lowest BCUT2D eigenvalue weighted by atomic mass is 10.0. The lowest BCUT2D eigenvalue weighted by Crippen LogP contribution is -2.49. The number of nitrogens with zero attached hydrogens (tertiary/aromatic N) is 2. The Morgan fingerprint density at radius 1 is 0.950 bits per heavy atom. The summed E-state index contributed by atoms with van der Waals surface area (Å²) >= 11 is 0. The molecule has 0 aliphatic heterocycles. The first-order valence-electron chi connectivity index (χ1n) is 13.3. The average molecular weight is 566 g/mol. The van der Waals surface area contributed by atoms with Gasteiger partial charge in [0.05, 0.1) is 19.1 Å². The lowest BCUT2D eigenvalue weighted by molar-refractivity contribution is -0.141. The molecule has 0 heterocycles. The molecule has 0 aromatic heterocycles. The van der Waals surface area contributed by atoms with Crippen molar-refractivity contribution in [3.05, 3.63) is 95.1 Å². The average Bonchev–Trinajstić information content (AvgIpc) is 2.94.